The van der Waals surface area contributed by atoms with E-state index >= 15 is 0 Å². The molecule has 2 aliphatic carbocycles. The fourth-order valence-electron chi connectivity index (χ4n) is 6.79. The van der Waals surface area contributed by atoms with Crippen molar-refractivity contribution in [2.24, 2.45) is 11.8 Å². The Hall–Kier alpha value is -2.93. The molecule has 0 unspecified atom stereocenters. The molecule has 6 rings (SSSR count). The summed E-state index contributed by atoms with van der Waals surface area (Å²) in [6, 6.07) is 5.40. The van der Waals surface area contributed by atoms with Crippen LogP contribution in [0, 0.1) is 11.8 Å². The molecule has 3 fully saturated rings. The van der Waals surface area contributed by atoms with Crippen molar-refractivity contribution in [2.45, 2.75) is 114 Å². The molecular formula is C33H44BrN5O6S. The maximum Gasteiger partial charge on any atom is 0.297 e. The van der Waals surface area contributed by atoms with Crippen LogP contribution in [-0.2, 0) is 24.4 Å². The maximum atomic E-state index is 14.1. The van der Waals surface area contributed by atoms with Crippen molar-refractivity contribution in [3.05, 3.63) is 34.8 Å². The van der Waals surface area contributed by atoms with E-state index in [0.717, 1.165) is 41.2 Å². The SMILES string of the molecule is CC(C)n1c(O[C@@H]2C[C@H]3C(=O)N[C@]4(C(=O)NS(=O)(=O)C5(C)CC5)C[C@H]4/C=C\CCCCC[C@H](C)C(=O)N3C2)nc2c(Br)cccc21. The van der Waals surface area contributed by atoms with E-state index in [1.807, 2.05) is 55.7 Å². The topological polar surface area (TPSA) is 140 Å². The predicted octanol–water partition coefficient (Wildman–Crippen LogP) is 4.76. The monoisotopic (exact) mass is 717 g/mol. The molecule has 2 aliphatic heterocycles. The van der Waals surface area contributed by atoms with Gasteiger partial charge in [0.2, 0.25) is 21.8 Å². The number of hydrogen-bond acceptors (Lipinski definition) is 7. The number of imidazole rings is 1. The summed E-state index contributed by atoms with van der Waals surface area (Å²) in [5.41, 5.74) is 0.270. The van der Waals surface area contributed by atoms with Gasteiger partial charge >= 0.3 is 0 Å². The number of nitrogens with zero attached hydrogens (tertiary/aromatic N) is 3. The maximum absolute atomic E-state index is 14.1. The molecular weight excluding hydrogens is 674 g/mol. The highest BCUT2D eigenvalue weighted by molar-refractivity contribution is 9.10. The van der Waals surface area contributed by atoms with E-state index in [2.05, 4.69) is 26.0 Å². The van der Waals surface area contributed by atoms with Gasteiger partial charge in [-0.05, 0) is 87.4 Å². The summed E-state index contributed by atoms with van der Waals surface area (Å²) in [7, 11) is -3.90. The lowest BCUT2D eigenvalue weighted by molar-refractivity contribution is -0.142. The van der Waals surface area contributed by atoms with Gasteiger partial charge in [0.05, 0.1) is 16.8 Å². The van der Waals surface area contributed by atoms with Gasteiger partial charge in [-0.25, -0.2) is 8.42 Å². The number of sulfonamides is 1. The normalized spacial score (nSPS) is 30.5. The minimum Gasteiger partial charge on any atom is -0.459 e. The molecule has 1 aromatic carbocycles. The zero-order valence-corrected chi connectivity index (χ0v) is 29.3. The van der Waals surface area contributed by atoms with Crippen LogP contribution in [0.25, 0.3) is 11.0 Å². The van der Waals surface area contributed by atoms with Crippen molar-refractivity contribution < 1.29 is 27.5 Å². The first-order valence-corrected chi connectivity index (χ1v) is 18.7. The molecule has 2 N–H and O–H groups in total. The molecule has 2 saturated carbocycles. The molecule has 46 heavy (non-hydrogen) atoms. The van der Waals surface area contributed by atoms with Crippen molar-refractivity contribution in [1.29, 1.82) is 0 Å². The number of benzene rings is 1. The number of aromatic nitrogens is 2. The lowest BCUT2D eigenvalue weighted by atomic mass is 10.0. The number of halogens is 1. The number of fused-ring (bicyclic) bond motifs is 3. The summed E-state index contributed by atoms with van der Waals surface area (Å²) in [4.78, 5) is 48.0. The third-order valence-corrected chi connectivity index (χ3v) is 13.0. The molecule has 0 radical (unpaired) electrons. The highest BCUT2D eigenvalue weighted by Crippen LogP contribution is 2.47. The minimum absolute atomic E-state index is 0.0403. The zero-order valence-electron chi connectivity index (χ0n) is 26.9. The van der Waals surface area contributed by atoms with Crippen molar-refractivity contribution in [2.75, 3.05) is 6.54 Å². The smallest absolute Gasteiger partial charge is 0.297 e. The first-order valence-electron chi connectivity index (χ1n) is 16.5. The highest BCUT2D eigenvalue weighted by Gasteiger charge is 2.63. The first kappa shape index (κ1) is 33.0. The van der Waals surface area contributed by atoms with E-state index in [0.29, 0.717) is 25.3 Å². The van der Waals surface area contributed by atoms with E-state index in [1.165, 1.54) is 0 Å². The standard InChI is InChI=1S/C33H44BrN5O6S/c1-20(2)39-25-14-10-13-24(34)27(25)35-31(39)45-23-17-26-28(40)36-33(30(42)37-46(43,44)32(4)15-16-32)18-22(33)12-9-7-5-6-8-11-21(3)29(41)38(26)19-23/h9-10,12-14,20-23,26H,5-8,11,15-19H2,1-4H3,(H,36,40)(H,37,42)/b12-9-/t21-,22+,23+,26-,33+/m0/s1. The molecule has 3 heterocycles. The number of hydrogen-bond donors (Lipinski definition) is 2. The van der Waals surface area contributed by atoms with Crippen LogP contribution in [0.1, 0.15) is 91.5 Å². The fraction of sp³-hybridized carbons (Fsp3) is 0.636. The number of ether oxygens (including phenoxy) is 1. The van der Waals surface area contributed by atoms with Crippen LogP contribution < -0.4 is 14.8 Å². The molecule has 0 spiro atoms. The molecule has 11 nitrogen and oxygen atoms in total. The van der Waals surface area contributed by atoms with E-state index in [4.69, 9.17) is 9.72 Å². The largest absolute Gasteiger partial charge is 0.459 e. The lowest BCUT2D eigenvalue weighted by Crippen LogP contribution is -2.57. The van der Waals surface area contributed by atoms with Gasteiger partial charge < -0.3 is 15.0 Å². The Labute approximate surface area is 279 Å². The van der Waals surface area contributed by atoms with Crippen LogP contribution in [0.4, 0.5) is 0 Å². The van der Waals surface area contributed by atoms with E-state index in [9.17, 15) is 22.8 Å². The summed E-state index contributed by atoms with van der Waals surface area (Å²) < 4.78 is 36.7. The third kappa shape index (κ3) is 6.09. The first-order chi connectivity index (χ1) is 21.8. The minimum atomic E-state index is -3.90. The lowest BCUT2D eigenvalue weighted by Gasteiger charge is -2.28. The molecule has 4 aliphatic rings. The van der Waals surface area contributed by atoms with Gasteiger partial charge in [-0.15, -0.1) is 0 Å². The molecule has 5 atom stereocenters. The summed E-state index contributed by atoms with van der Waals surface area (Å²) in [6.07, 6.45) is 9.21. The number of carbonyl (C=O) groups is 3. The Bertz CT molecular complexity index is 1680. The van der Waals surface area contributed by atoms with Gasteiger partial charge in [-0.2, -0.15) is 4.98 Å². The molecule has 250 valence electrons. The Balaban J connectivity index is 1.29. The summed E-state index contributed by atoms with van der Waals surface area (Å²) >= 11 is 3.59. The van der Waals surface area contributed by atoms with E-state index in [1.54, 1.807) is 11.8 Å². The van der Waals surface area contributed by atoms with Gasteiger partial charge in [0.15, 0.2) is 0 Å². The van der Waals surface area contributed by atoms with E-state index in [-0.39, 0.29) is 43.2 Å². The zero-order chi connectivity index (χ0) is 33.0. The van der Waals surface area contributed by atoms with Crippen LogP contribution >= 0.6 is 15.9 Å². The van der Waals surface area contributed by atoms with Gasteiger partial charge in [0, 0.05) is 28.8 Å². The van der Waals surface area contributed by atoms with Gasteiger partial charge in [0.1, 0.15) is 23.2 Å². The number of rotatable bonds is 6. The number of carbonyl (C=O) groups excluding carboxylic acids is 3. The van der Waals surface area contributed by atoms with Crippen molar-refractivity contribution in [1.82, 2.24) is 24.5 Å². The second kappa shape index (κ2) is 12.3. The Morgan fingerprint density at radius 2 is 1.96 bits per heavy atom. The fourth-order valence-corrected chi connectivity index (χ4v) is 8.55. The molecule has 0 bridgehead atoms. The van der Waals surface area contributed by atoms with Crippen LogP contribution in [0.5, 0.6) is 6.01 Å². The predicted molar refractivity (Wildman–Crippen MR) is 177 cm³/mol. The molecule has 1 aromatic heterocycles. The second-order valence-electron chi connectivity index (χ2n) is 14.1. The molecule has 3 amide bonds. The number of nitrogens with one attached hydrogen (secondary N) is 2. The molecule has 13 heteroatoms. The molecule has 1 saturated heterocycles. The number of para-hydroxylation sites is 1. The van der Waals surface area contributed by atoms with Crippen LogP contribution in [0.3, 0.4) is 0 Å². The quantitative estimate of drug-likeness (QED) is 0.411. The van der Waals surface area contributed by atoms with Crippen LogP contribution in [0.2, 0.25) is 0 Å². The van der Waals surface area contributed by atoms with Crippen molar-refractivity contribution in [3.63, 3.8) is 0 Å². The number of amides is 3. The van der Waals surface area contributed by atoms with Crippen molar-refractivity contribution in [3.8, 4) is 6.01 Å². The summed E-state index contributed by atoms with van der Waals surface area (Å²) in [5, 5.41) is 2.94. The average molecular weight is 719 g/mol. The Morgan fingerprint density at radius 3 is 2.67 bits per heavy atom. The number of allylic oxidation sites excluding steroid dienone is 1. The van der Waals surface area contributed by atoms with Gasteiger partial charge in [0.25, 0.3) is 11.9 Å². The van der Waals surface area contributed by atoms with Crippen LogP contribution in [-0.4, -0.2) is 69.6 Å². The van der Waals surface area contributed by atoms with Crippen molar-refractivity contribution >= 4 is 54.7 Å². The Morgan fingerprint density at radius 1 is 1.20 bits per heavy atom. The molecule has 2 aromatic rings. The summed E-state index contributed by atoms with van der Waals surface area (Å²) in [6.45, 7) is 7.80. The van der Waals surface area contributed by atoms with Crippen LogP contribution in [0.15, 0.2) is 34.8 Å². The van der Waals surface area contributed by atoms with E-state index < -0.39 is 44.3 Å². The average Bonchev–Trinajstić information content (AvgIpc) is 3.81. The van der Waals surface area contributed by atoms with Gasteiger partial charge in [-0.1, -0.05) is 38.0 Å². The second-order valence-corrected chi connectivity index (χ2v) is 17.1. The Kier molecular flexibility index (Phi) is 8.79. The highest BCUT2D eigenvalue weighted by atomic mass is 79.9. The van der Waals surface area contributed by atoms with Gasteiger partial charge in [-0.3, -0.25) is 23.7 Å². The summed E-state index contributed by atoms with van der Waals surface area (Å²) in [5.74, 6) is -1.97. The third-order valence-electron chi connectivity index (χ3n) is 10.2.